The van der Waals surface area contributed by atoms with Crippen LogP contribution in [0.25, 0.3) is 0 Å². The van der Waals surface area contributed by atoms with E-state index in [2.05, 4.69) is 27.3 Å². The zero-order valence-corrected chi connectivity index (χ0v) is 14.8. The van der Waals surface area contributed by atoms with Gasteiger partial charge in [0.05, 0.1) is 17.7 Å². The molecule has 0 heterocycles. The van der Waals surface area contributed by atoms with Gasteiger partial charge in [0, 0.05) is 22.9 Å². The molecule has 4 nitrogen and oxygen atoms in total. The first-order valence-corrected chi connectivity index (χ1v) is 8.37. The number of halogens is 1. The number of amides is 1. The number of hydrogen-bond donors (Lipinski definition) is 1. The maximum absolute atomic E-state index is 12.1. The predicted molar refractivity (Wildman–Crippen MR) is 95.4 cm³/mol. The van der Waals surface area contributed by atoms with Gasteiger partial charge in [0.2, 0.25) is 5.91 Å². The van der Waals surface area contributed by atoms with Crippen LogP contribution in [0.1, 0.15) is 47.3 Å². The summed E-state index contributed by atoms with van der Waals surface area (Å²) >= 11 is 3.32. The minimum atomic E-state index is -0.173. The van der Waals surface area contributed by atoms with E-state index in [-0.39, 0.29) is 30.6 Å². The van der Waals surface area contributed by atoms with Crippen molar-refractivity contribution >= 4 is 27.6 Å². The first kappa shape index (κ1) is 17.9. The van der Waals surface area contributed by atoms with Crippen LogP contribution in [0.15, 0.2) is 53.0 Å². The molecule has 0 saturated carbocycles. The van der Waals surface area contributed by atoms with Gasteiger partial charge in [-0.05, 0) is 36.8 Å². The Hall–Kier alpha value is -2.45. The molecule has 24 heavy (non-hydrogen) atoms. The smallest absolute Gasteiger partial charge is 0.220 e. The summed E-state index contributed by atoms with van der Waals surface area (Å²) in [6.45, 7) is 1.87. The molecule has 0 aliphatic carbocycles. The summed E-state index contributed by atoms with van der Waals surface area (Å²) in [6, 6.07) is 16.0. The third-order valence-electron chi connectivity index (χ3n) is 3.66. The fraction of sp³-hybridized carbons (Fsp3) is 0.211. The number of benzene rings is 2. The van der Waals surface area contributed by atoms with Gasteiger partial charge in [-0.3, -0.25) is 9.59 Å². The fourth-order valence-electron chi connectivity index (χ4n) is 2.25. The van der Waals surface area contributed by atoms with Crippen molar-refractivity contribution in [1.82, 2.24) is 5.32 Å². The van der Waals surface area contributed by atoms with E-state index in [0.29, 0.717) is 11.1 Å². The summed E-state index contributed by atoms with van der Waals surface area (Å²) in [5.74, 6) is -0.221. The topological polar surface area (TPSA) is 70.0 Å². The minimum absolute atomic E-state index is 0.0522. The summed E-state index contributed by atoms with van der Waals surface area (Å²) < 4.78 is 0.910. The molecule has 122 valence electrons. The van der Waals surface area contributed by atoms with E-state index in [1.807, 2.05) is 19.1 Å². The van der Waals surface area contributed by atoms with Gasteiger partial charge >= 0.3 is 0 Å². The third-order valence-corrected chi connectivity index (χ3v) is 4.19. The molecular weight excluding hydrogens is 368 g/mol. The van der Waals surface area contributed by atoms with E-state index in [4.69, 9.17) is 5.26 Å². The van der Waals surface area contributed by atoms with Crippen molar-refractivity contribution in [3.63, 3.8) is 0 Å². The number of carbonyl (C=O) groups is 2. The lowest BCUT2D eigenvalue weighted by Gasteiger charge is -2.14. The molecule has 0 fully saturated rings. The molecule has 1 unspecified atom stereocenters. The van der Waals surface area contributed by atoms with E-state index in [1.54, 1.807) is 36.4 Å². The average molecular weight is 385 g/mol. The lowest BCUT2D eigenvalue weighted by Crippen LogP contribution is -2.26. The summed E-state index contributed by atoms with van der Waals surface area (Å²) in [5.41, 5.74) is 2.10. The van der Waals surface area contributed by atoms with Crippen molar-refractivity contribution in [2.75, 3.05) is 0 Å². The van der Waals surface area contributed by atoms with Crippen molar-refractivity contribution < 1.29 is 9.59 Å². The van der Waals surface area contributed by atoms with Crippen molar-refractivity contribution in [2.45, 2.75) is 25.8 Å². The number of rotatable bonds is 6. The van der Waals surface area contributed by atoms with Crippen LogP contribution in [0, 0.1) is 11.3 Å². The summed E-state index contributed by atoms with van der Waals surface area (Å²) in [5, 5.41) is 11.7. The number of ketones is 1. The molecule has 2 aromatic rings. The van der Waals surface area contributed by atoms with Crippen molar-refractivity contribution in [1.29, 1.82) is 5.26 Å². The molecule has 0 bridgehead atoms. The van der Waals surface area contributed by atoms with Gasteiger partial charge in [-0.1, -0.05) is 40.2 Å². The molecule has 1 amide bonds. The summed E-state index contributed by atoms with van der Waals surface area (Å²) in [4.78, 5) is 24.1. The number of hydrogen-bond acceptors (Lipinski definition) is 3. The van der Waals surface area contributed by atoms with E-state index in [0.717, 1.165) is 10.0 Å². The Morgan fingerprint density at radius 2 is 1.71 bits per heavy atom. The highest BCUT2D eigenvalue weighted by Crippen LogP contribution is 2.15. The van der Waals surface area contributed by atoms with Crippen LogP contribution in [0.2, 0.25) is 0 Å². The standard InChI is InChI=1S/C19H17BrN2O2/c1-13(15-4-2-14(12-21)3-5-15)22-19(24)11-10-18(23)16-6-8-17(20)9-7-16/h2-9,13H,10-11H2,1H3,(H,22,24). The minimum Gasteiger partial charge on any atom is -0.350 e. The van der Waals surface area contributed by atoms with Gasteiger partial charge < -0.3 is 5.32 Å². The molecule has 0 saturated heterocycles. The molecule has 2 aromatic carbocycles. The Labute approximate surface area is 149 Å². The molecule has 1 atom stereocenters. The molecule has 0 aliphatic heterocycles. The number of nitrogens with zero attached hydrogens (tertiary/aromatic N) is 1. The molecule has 5 heteroatoms. The van der Waals surface area contributed by atoms with Crippen molar-refractivity contribution in [3.8, 4) is 6.07 Å². The van der Waals surface area contributed by atoms with Gasteiger partial charge in [-0.2, -0.15) is 5.26 Å². The van der Waals surface area contributed by atoms with E-state index in [9.17, 15) is 9.59 Å². The Morgan fingerprint density at radius 1 is 1.08 bits per heavy atom. The molecular formula is C19H17BrN2O2. The second-order valence-corrected chi connectivity index (χ2v) is 6.37. The van der Waals surface area contributed by atoms with Gasteiger partial charge in [-0.25, -0.2) is 0 Å². The Kier molecular flexibility index (Phi) is 6.28. The SMILES string of the molecule is CC(NC(=O)CCC(=O)c1ccc(Br)cc1)c1ccc(C#N)cc1. The second kappa shape index (κ2) is 8.42. The first-order chi connectivity index (χ1) is 11.5. The maximum atomic E-state index is 12.1. The highest BCUT2D eigenvalue weighted by atomic mass is 79.9. The van der Waals surface area contributed by atoms with E-state index in [1.165, 1.54) is 0 Å². The van der Waals surface area contributed by atoms with E-state index < -0.39 is 0 Å². The first-order valence-electron chi connectivity index (χ1n) is 7.58. The Bertz CT molecular complexity index is 761. The zero-order chi connectivity index (χ0) is 17.5. The van der Waals surface area contributed by atoms with Crippen LogP contribution >= 0.6 is 15.9 Å². The van der Waals surface area contributed by atoms with Crippen LogP contribution in [-0.4, -0.2) is 11.7 Å². The highest BCUT2D eigenvalue weighted by molar-refractivity contribution is 9.10. The van der Waals surface area contributed by atoms with Crippen LogP contribution < -0.4 is 5.32 Å². The Morgan fingerprint density at radius 3 is 2.29 bits per heavy atom. The van der Waals surface area contributed by atoms with Crippen LogP contribution in [0.5, 0.6) is 0 Å². The third kappa shape index (κ3) is 5.04. The normalized spacial score (nSPS) is 11.4. The number of Topliss-reactive ketones (excluding diaryl/α,β-unsaturated/α-hetero) is 1. The van der Waals surface area contributed by atoms with Crippen LogP contribution in [-0.2, 0) is 4.79 Å². The van der Waals surface area contributed by atoms with Gasteiger partial charge in [-0.15, -0.1) is 0 Å². The monoisotopic (exact) mass is 384 g/mol. The van der Waals surface area contributed by atoms with Crippen molar-refractivity contribution in [2.24, 2.45) is 0 Å². The predicted octanol–water partition coefficient (Wildman–Crippen LogP) is 4.16. The molecule has 0 spiro atoms. The Balaban J connectivity index is 1.85. The van der Waals surface area contributed by atoms with Crippen LogP contribution in [0.4, 0.5) is 0 Å². The fourth-order valence-corrected chi connectivity index (χ4v) is 2.51. The second-order valence-electron chi connectivity index (χ2n) is 5.45. The van der Waals surface area contributed by atoms with E-state index >= 15 is 0 Å². The van der Waals surface area contributed by atoms with Gasteiger partial charge in [0.25, 0.3) is 0 Å². The lowest BCUT2D eigenvalue weighted by atomic mass is 10.0. The molecule has 0 aromatic heterocycles. The molecule has 0 aliphatic rings. The number of nitrogens with one attached hydrogen (secondary N) is 1. The summed E-state index contributed by atoms with van der Waals surface area (Å²) in [6.07, 6.45) is 0.322. The molecule has 2 rings (SSSR count). The van der Waals surface area contributed by atoms with Crippen LogP contribution in [0.3, 0.4) is 0 Å². The number of carbonyl (C=O) groups excluding carboxylic acids is 2. The molecule has 1 N–H and O–H groups in total. The molecule has 0 radical (unpaired) electrons. The van der Waals surface area contributed by atoms with Gasteiger partial charge in [0.15, 0.2) is 5.78 Å². The zero-order valence-electron chi connectivity index (χ0n) is 13.3. The summed E-state index contributed by atoms with van der Waals surface area (Å²) in [7, 11) is 0. The number of nitriles is 1. The highest BCUT2D eigenvalue weighted by Gasteiger charge is 2.12. The maximum Gasteiger partial charge on any atom is 0.220 e. The quantitative estimate of drug-likeness (QED) is 0.759. The largest absolute Gasteiger partial charge is 0.350 e. The van der Waals surface area contributed by atoms with Gasteiger partial charge in [0.1, 0.15) is 0 Å². The average Bonchev–Trinajstić information content (AvgIpc) is 2.60. The van der Waals surface area contributed by atoms with Crippen molar-refractivity contribution in [3.05, 3.63) is 69.7 Å². The lowest BCUT2D eigenvalue weighted by molar-refractivity contribution is -0.121.